The molecule has 5 aromatic carbocycles. The van der Waals surface area contributed by atoms with E-state index in [0.29, 0.717) is 57.0 Å². The highest BCUT2D eigenvalue weighted by Crippen LogP contribution is 2.48. The lowest BCUT2D eigenvalue weighted by atomic mass is 9.68. The van der Waals surface area contributed by atoms with Gasteiger partial charge in [-0.3, -0.25) is 29.0 Å². The quantitative estimate of drug-likeness (QED) is 0.0317. The highest BCUT2D eigenvalue weighted by molar-refractivity contribution is 6.70. The van der Waals surface area contributed by atoms with Gasteiger partial charge in [-0.05, 0) is 136 Å². The van der Waals surface area contributed by atoms with Crippen LogP contribution in [-0.4, -0.2) is 83.2 Å². The van der Waals surface area contributed by atoms with E-state index in [4.69, 9.17) is 18.6 Å². The largest absolute Gasteiger partial charge is 0.495 e. The topological polar surface area (TPSA) is 112 Å². The van der Waals surface area contributed by atoms with Crippen LogP contribution in [0.5, 0.6) is 0 Å². The van der Waals surface area contributed by atoms with Gasteiger partial charge in [-0.15, -0.1) is 0 Å². The maximum Gasteiger partial charge on any atom is 0.495 e. The summed E-state index contributed by atoms with van der Waals surface area (Å²) in [6.45, 7) is 21.1. The fourth-order valence-corrected chi connectivity index (χ4v) is 10.4. The molecule has 0 unspecified atom stereocenters. The molecule has 0 radical (unpaired) electrons. The minimum Gasteiger partial charge on any atom is -0.399 e. The van der Waals surface area contributed by atoms with Crippen LogP contribution in [0.2, 0.25) is 0 Å². The van der Waals surface area contributed by atoms with E-state index < -0.39 is 36.6 Å². The Balaban J connectivity index is 1.31. The molecule has 9 rings (SSSR count). The molecular formula is C52H64B2N2O8. The Morgan fingerprint density at radius 3 is 1.06 bits per heavy atom. The van der Waals surface area contributed by atoms with Crippen molar-refractivity contribution >= 4 is 91.9 Å². The number of imide groups is 2. The van der Waals surface area contributed by atoms with Gasteiger partial charge < -0.3 is 18.6 Å². The van der Waals surface area contributed by atoms with Gasteiger partial charge in [0.05, 0.1) is 22.4 Å². The molecule has 4 aliphatic rings. The van der Waals surface area contributed by atoms with Crippen LogP contribution in [0.4, 0.5) is 0 Å². The van der Waals surface area contributed by atoms with Gasteiger partial charge in [-0.2, -0.15) is 0 Å². The molecule has 4 heterocycles. The lowest BCUT2D eigenvalue weighted by Gasteiger charge is -2.32. The Kier molecular flexibility index (Phi) is 11.4. The third kappa shape index (κ3) is 6.91. The molecule has 4 amide bonds. The van der Waals surface area contributed by atoms with Crippen LogP contribution < -0.4 is 10.9 Å². The highest BCUT2D eigenvalue weighted by Gasteiger charge is 2.55. The summed E-state index contributed by atoms with van der Waals surface area (Å²) in [5.41, 5.74) is 0.276. The Morgan fingerprint density at radius 2 is 0.719 bits per heavy atom. The average Bonchev–Trinajstić information content (AvgIpc) is 3.61. The number of fused-ring (bicyclic) bond motifs is 2. The monoisotopic (exact) mass is 866 g/mol. The van der Waals surface area contributed by atoms with Crippen molar-refractivity contribution in [2.75, 3.05) is 13.1 Å². The van der Waals surface area contributed by atoms with E-state index in [1.807, 2.05) is 91.8 Å². The van der Waals surface area contributed by atoms with Crippen molar-refractivity contribution in [3.05, 3.63) is 58.7 Å². The van der Waals surface area contributed by atoms with E-state index in [2.05, 4.69) is 13.8 Å². The third-order valence-electron chi connectivity index (χ3n) is 15.6. The van der Waals surface area contributed by atoms with Crippen molar-refractivity contribution in [2.45, 2.75) is 169 Å². The van der Waals surface area contributed by atoms with Crippen molar-refractivity contribution in [1.82, 2.24) is 9.80 Å². The molecule has 12 heteroatoms. The number of carbonyl (C=O) groups excluding carboxylic acids is 4. The van der Waals surface area contributed by atoms with Gasteiger partial charge in [0.2, 0.25) is 0 Å². The van der Waals surface area contributed by atoms with Crippen LogP contribution in [0.3, 0.4) is 0 Å². The summed E-state index contributed by atoms with van der Waals surface area (Å²) in [6, 6.07) is 11.4. The second kappa shape index (κ2) is 16.2. The van der Waals surface area contributed by atoms with Crippen molar-refractivity contribution in [2.24, 2.45) is 0 Å². The Morgan fingerprint density at radius 1 is 0.406 bits per heavy atom. The number of hydrogen-bond acceptors (Lipinski definition) is 8. The zero-order valence-electron chi connectivity index (χ0n) is 39.7. The Bertz CT molecular complexity index is 2520. The first-order valence-electron chi connectivity index (χ1n) is 24.1. The molecule has 4 aliphatic heterocycles. The second-order valence-corrected chi connectivity index (χ2v) is 20.8. The molecule has 0 aliphatic carbocycles. The van der Waals surface area contributed by atoms with Gasteiger partial charge in [0.25, 0.3) is 23.6 Å². The first-order chi connectivity index (χ1) is 30.4. The number of hydrogen-bond donors (Lipinski definition) is 0. The zero-order chi connectivity index (χ0) is 45.7. The molecule has 2 saturated heterocycles. The van der Waals surface area contributed by atoms with Crippen LogP contribution >= 0.6 is 0 Å². The van der Waals surface area contributed by atoms with Crippen LogP contribution in [-0.2, 0) is 18.6 Å². The van der Waals surface area contributed by atoms with Gasteiger partial charge in [-0.1, -0.05) is 90.2 Å². The van der Waals surface area contributed by atoms with E-state index in [0.717, 1.165) is 96.5 Å². The molecule has 0 spiro atoms. The van der Waals surface area contributed by atoms with Crippen LogP contribution in [0.15, 0.2) is 36.4 Å². The summed E-state index contributed by atoms with van der Waals surface area (Å²) in [7, 11) is -1.75. The SMILES string of the molecule is CCCCCCCCN1C(=O)c2ccc3c4c(B5OC(C)(C)C(C)(C)O5)cc5c6c(ccc(c7c(B8OC(C)(C)C(C)(C)O8)cc(c2c37)C1=O)c64)C(=O)N(CCCCCCCC)C5=O. The Labute approximate surface area is 378 Å². The zero-order valence-corrected chi connectivity index (χ0v) is 39.7. The van der Waals surface area contributed by atoms with E-state index in [1.165, 1.54) is 22.6 Å². The van der Waals surface area contributed by atoms with E-state index >= 15 is 0 Å². The van der Waals surface area contributed by atoms with Gasteiger partial charge >= 0.3 is 14.2 Å². The maximum atomic E-state index is 14.9. The van der Waals surface area contributed by atoms with Gasteiger partial charge in [0.15, 0.2) is 0 Å². The summed E-state index contributed by atoms with van der Waals surface area (Å²) in [6.07, 6.45) is 12.3. The van der Waals surface area contributed by atoms with Gasteiger partial charge in [-0.25, -0.2) is 0 Å². The van der Waals surface area contributed by atoms with Crippen LogP contribution in [0.25, 0.3) is 43.1 Å². The van der Waals surface area contributed by atoms with E-state index in [-0.39, 0.29) is 23.6 Å². The first-order valence-corrected chi connectivity index (χ1v) is 24.1. The molecule has 336 valence electrons. The summed E-state index contributed by atoms with van der Waals surface area (Å²) >= 11 is 0. The number of nitrogens with zero attached hydrogens (tertiary/aromatic N) is 2. The summed E-state index contributed by atoms with van der Waals surface area (Å²) in [4.78, 5) is 61.8. The van der Waals surface area contributed by atoms with Crippen molar-refractivity contribution < 1.29 is 37.8 Å². The number of carbonyl (C=O) groups is 4. The summed E-state index contributed by atoms with van der Waals surface area (Å²) in [5.74, 6) is -1.29. The predicted molar refractivity (Wildman–Crippen MR) is 257 cm³/mol. The molecular weight excluding hydrogens is 802 g/mol. The molecule has 0 N–H and O–H groups in total. The molecule has 0 aromatic heterocycles. The van der Waals surface area contributed by atoms with Gasteiger partial charge in [0, 0.05) is 46.1 Å². The highest BCUT2D eigenvalue weighted by atomic mass is 16.7. The number of benzene rings is 5. The van der Waals surface area contributed by atoms with Gasteiger partial charge in [0.1, 0.15) is 0 Å². The summed E-state index contributed by atoms with van der Waals surface area (Å²) < 4.78 is 27.2. The normalized spacial score (nSPS) is 19.9. The summed E-state index contributed by atoms with van der Waals surface area (Å²) in [5, 5.41) is 5.65. The number of unbranched alkanes of at least 4 members (excludes halogenated alkanes) is 10. The van der Waals surface area contributed by atoms with Crippen LogP contribution in [0.1, 0.15) is 188 Å². The molecule has 2 fully saturated rings. The molecule has 0 bridgehead atoms. The van der Waals surface area contributed by atoms with E-state index in [1.54, 1.807) is 0 Å². The lowest BCUT2D eigenvalue weighted by Crippen LogP contribution is -2.43. The fourth-order valence-electron chi connectivity index (χ4n) is 10.4. The predicted octanol–water partition coefficient (Wildman–Crippen LogP) is 10.2. The second-order valence-electron chi connectivity index (χ2n) is 20.8. The molecule has 0 saturated carbocycles. The molecule has 0 atom stereocenters. The lowest BCUT2D eigenvalue weighted by molar-refractivity contribution is 0.00578. The number of amides is 4. The average molecular weight is 867 g/mol. The van der Waals surface area contributed by atoms with Crippen molar-refractivity contribution in [1.29, 1.82) is 0 Å². The number of rotatable bonds is 16. The first kappa shape index (κ1) is 44.8. The maximum absolute atomic E-state index is 14.9. The molecule has 5 aromatic rings. The minimum atomic E-state index is -0.874. The minimum absolute atomic E-state index is 0.309. The van der Waals surface area contributed by atoms with E-state index in [9.17, 15) is 19.2 Å². The molecule has 64 heavy (non-hydrogen) atoms. The smallest absolute Gasteiger partial charge is 0.399 e. The third-order valence-corrected chi connectivity index (χ3v) is 15.6. The van der Waals surface area contributed by atoms with Crippen molar-refractivity contribution in [3.8, 4) is 0 Å². The van der Waals surface area contributed by atoms with Crippen LogP contribution in [0, 0.1) is 0 Å². The van der Waals surface area contributed by atoms with Crippen molar-refractivity contribution in [3.63, 3.8) is 0 Å². The standard InChI is InChI=1S/C52H64B2N2O8/c1-11-13-15-17-19-21-27-55-45(57)33-25-23-31-42-38(54-63-51(7,8)52(9,10)64-54)30-36-40-34(46(58)56(48(36)60)28-22-20-18-16-14-12-2)26-24-32(44(40)42)41-37(29-35(47(55)59)39(33)43(31)41)53-61-49(3,4)50(5,6)62-53/h23-26,29-30H,11-22,27-28H2,1-10H3. The molecule has 10 nitrogen and oxygen atoms in total. The fraction of sp³-hybridized carbons (Fsp3) is 0.538. The Hall–Kier alpha value is -4.35.